The molecule has 0 aromatic rings. The number of allylic oxidation sites excluding steroid dienone is 1. The fraction of sp³-hybridized carbons (Fsp3) is 0.842. The van der Waals surface area contributed by atoms with E-state index in [1.54, 1.807) is 0 Å². The van der Waals surface area contributed by atoms with Crippen molar-refractivity contribution in [3.8, 4) is 0 Å². The third-order valence-electron chi connectivity index (χ3n) is 4.88. The van der Waals surface area contributed by atoms with E-state index in [0.717, 1.165) is 13.0 Å². The predicted molar refractivity (Wildman–Crippen MR) is 93.1 cm³/mol. The summed E-state index contributed by atoms with van der Waals surface area (Å²) in [6.07, 6.45) is 5.47. The van der Waals surface area contributed by atoms with Crippen LogP contribution in [0.2, 0.25) is 0 Å². The van der Waals surface area contributed by atoms with Gasteiger partial charge >= 0.3 is 0 Å². The highest BCUT2D eigenvalue weighted by Gasteiger charge is 2.42. The Hall–Kier alpha value is -1.07. The van der Waals surface area contributed by atoms with Crippen LogP contribution in [0.5, 0.6) is 0 Å². The van der Waals surface area contributed by atoms with Gasteiger partial charge in [-0.1, -0.05) is 20.8 Å². The maximum atomic E-state index is 12.5. The predicted octanol–water partition coefficient (Wildman–Crippen LogP) is 2.84. The SMILES string of the molecule is CCO[C@H]1OC(C(=O)NCC2CC2)=C[C@@H](C(C)(C)C)[C@@H]1CCCO. The molecule has 5 nitrogen and oxygen atoms in total. The molecule has 138 valence electrons. The Morgan fingerprint density at radius 2 is 2.12 bits per heavy atom. The molecule has 0 aromatic heterocycles. The van der Waals surface area contributed by atoms with E-state index in [1.807, 2.05) is 13.0 Å². The molecule has 3 atom stereocenters. The average molecular weight is 339 g/mol. The molecule has 0 saturated heterocycles. The lowest BCUT2D eigenvalue weighted by Crippen LogP contribution is -2.43. The first-order chi connectivity index (χ1) is 11.4. The molecule has 1 saturated carbocycles. The minimum atomic E-state index is -0.433. The standard InChI is InChI=1S/C19H33NO4/c1-5-23-18-14(7-6-10-21)15(19(2,3)4)11-16(24-18)17(22)20-12-13-8-9-13/h11,13-15,18,21H,5-10,12H2,1-4H3,(H,20,22)/t14-,15+,18-/m0/s1. The Morgan fingerprint density at radius 1 is 1.42 bits per heavy atom. The molecule has 2 N–H and O–H groups in total. The van der Waals surface area contributed by atoms with E-state index < -0.39 is 6.29 Å². The van der Waals surface area contributed by atoms with Crippen molar-refractivity contribution >= 4 is 5.91 Å². The summed E-state index contributed by atoms with van der Waals surface area (Å²) in [5, 5.41) is 12.2. The molecule has 1 amide bonds. The molecule has 1 aliphatic carbocycles. The van der Waals surface area contributed by atoms with Gasteiger partial charge in [-0.15, -0.1) is 0 Å². The van der Waals surface area contributed by atoms with Crippen molar-refractivity contribution in [2.45, 2.75) is 59.7 Å². The third-order valence-corrected chi connectivity index (χ3v) is 4.88. The molecule has 1 aliphatic heterocycles. The van der Waals surface area contributed by atoms with Crippen LogP contribution in [0.3, 0.4) is 0 Å². The first-order valence-electron chi connectivity index (χ1n) is 9.26. The molecule has 0 spiro atoms. The van der Waals surface area contributed by atoms with Gasteiger partial charge in [0.05, 0.1) is 0 Å². The minimum Gasteiger partial charge on any atom is -0.459 e. The average Bonchev–Trinajstić information content (AvgIpc) is 3.34. The Bertz CT molecular complexity index is 451. The molecular formula is C19H33NO4. The highest BCUT2D eigenvalue weighted by Crippen LogP contribution is 2.42. The van der Waals surface area contributed by atoms with Crippen molar-refractivity contribution in [2.24, 2.45) is 23.2 Å². The largest absolute Gasteiger partial charge is 0.459 e. The smallest absolute Gasteiger partial charge is 0.286 e. The fourth-order valence-corrected chi connectivity index (χ4v) is 3.34. The van der Waals surface area contributed by atoms with Crippen molar-refractivity contribution in [3.05, 3.63) is 11.8 Å². The molecule has 5 heteroatoms. The quantitative estimate of drug-likeness (QED) is 0.713. The lowest BCUT2D eigenvalue weighted by Gasteiger charge is -2.42. The summed E-state index contributed by atoms with van der Waals surface area (Å²) in [5.41, 5.74) is -0.0126. The summed E-state index contributed by atoms with van der Waals surface area (Å²) in [6.45, 7) is 9.88. The van der Waals surface area contributed by atoms with Crippen LogP contribution in [-0.4, -0.2) is 37.1 Å². The second-order valence-electron chi connectivity index (χ2n) is 8.05. The molecule has 2 rings (SSSR count). The van der Waals surface area contributed by atoms with Crippen LogP contribution in [-0.2, 0) is 14.3 Å². The van der Waals surface area contributed by atoms with Gasteiger partial charge in [-0.25, -0.2) is 0 Å². The Balaban J connectivity index is 2.16. The monoisotopic (exact) mass is 339 g/mol. The fourth-order valence-electron chi connectivity index (χ4n) is 3.34. The van der Waals surface area contributed by atoms with Crippen LogP contribution in [0, 0.1) is 23.2 Å². The zero-order valence-electron chi connectivity index (χ0n) is 15.5. The number of carbonyl (C=O) groups is 1. The highest BCUT2D eigenvalue weighted by atomic mass is 16.7. The van der Waals surface area contributed by atoms with Gasteiger partial charge in [-0.05, 0) is 55.9 Å². The number of carbonyl (C=O) groups excluding carboxylic acids is 1. The second kappa shape index (κ2) is 8.34. The molecule has 1 heterocycles. The van der Waals surface area contributed by atoms with Crippen LogP contribution in [0.4, 0.5) is 0 Å². The Kier molecular flexibility index (Phi) is 6.70. The normalized spacial score (nSPS) is 27.4. The van der Waals surface area contributed by atoms with Crippen LogP contribution in [0.25, 0.3) is 0 Å². The summed E-state index contributed by atoms with van der Waals surface area (Å²) >= 11 is 0. The Morgan fingerprint density at radius 3 is 2.67 bits per heavy atom. The van der Waals surface area contributed by atoms with Crippen molar-refractivity contribution in [1.29, 1.82) is 0 Å². The van der Waals surface area contributed by atoms with E-state index in [2.05, 4.69) is 26.1 Å². The summed E-state index contributed by atoms with van der Waals surface area (Å²) < 4.78 is 11.7. The lowest BCUT2D eigenvalue weighted by atomic mass is 9.70. The number of aliphatic hydroxyl groups excluding tert-OH is 1. The third kappa shape index (κ3) is 5.21. The van der Waals surface area contributed by atoms with Gasteiger partial charge < -0.3 is 19.9 Å². The van der Waals surface area contributed by atoms with E-state index in [0.29, 0.717) is 24.7 Å². The lowest BCUT2D eigenvalue weighted by molar-refractivity contribution is -0.179. The number of aliphatic hydroxyl groups is 1. The second-order valence-corrected chi connectivity index (χ2v) is 8.05. The van der Waals surface area contributed by atoms with Gasteiger partial charge in [0.25, 0.3) is 5.91 Å². The van der Waals surface area contributed by atoms with E-state index in [1.165, 1.54) is 12.8 Å². The van der Waals surface area contributed by atoms with E-state index in [-0.39, 0.29) is 29.8 Å². The van der Waals surface area contributed by atoms with Crippen molar-refractivity contribution in [2.75, 3.05) is 19.8 Å². The summed E-state index contributed by atoms with van der Waals surface area (Å²) in [6, 6.07) is 0. The summed E-state index contributed by atoms with van der Waals surface area (Å²) in [7, 11) is 0. The molecular weight excluding hydrogens is 306 g/mol. The van der Waals surface area contributed by atoms with E-state index in [9.17, 15) is 9.90 Å². The molecule has 2 aliphatic rings. The van der Waals surface area contributed by atoms with Crippen LogP contribution in [0.15, 0.2) is 11.8 Å². The van der Waals surface area contributed by atoms with Crippen LogP contribution in [0.1, 0.15) is 53.4 Å². The zero-order chi connectivity index (χ0) is 17.7. The van der Waals surface area contributed by atoms with E-state index >= 15 is 0 Å². The number of ether oxygens (including phenoxy) is 2. The molecule has 0 radical (unpaired) electrons. The zero-order valence-corrected chi connectivity index (χ0v) is 15.5. The Labute approximate surface area is 145 Å². The van der Waals surface area contributed by atoms with Gasteiger partial charge in [0.2, 0.25) is 6.29 Å². The van der Waals surface area contributed by atoms with Gasteiger partial charge in [-0.3, -0.25) is 4.79 Å². The highest BCUT2D eigenvalue weighted by molar-refractivity contribution is 5.91. The first kappa shape index (κ1) is 19.3. The molecule has 0 aromatic carbocycles. The van der Waals surface area contributed by atoms with Crippen molar-refractivity contribution in [3.63, 3.8) is 0 Å². The maximum Gasteiger partial charge on any atom is 0.286 e. The molecule has 1 fully saturated rings. The number of hydrogen-bond acceptors (Lipinski definition) is 4. The van der Waals surface area contributed by atoms with Crippen LogP contribution >= 0.6 is 0 Å². The van der Waals surface area contributed by atoms with Crippen molar-refractivity contribution in [1.82, 2.24) is 5.32 Å². The van der Waals surface area contributed by atoms with Gasteiger partial charge in [0.1, 0.15) is 0 Å². The number of nitrogens with one attached hydrogen (secondary N) is 1. The van der Waals surface area contributed by atoms with Gasteiger partial charge in [-0.2, -0.15) is 0 Å². The van der Waals surface area contributed by atoms with Gasteiger partial charge in [0, 0.05) is 25.7 Å². The van der Waals surface area contributed by atoms with Crippen LogP contribution < -0.4 is 5.32 Å². The number of hydrogen-bond donors (Lipinski definition) is 2. The minimum absolute atomic E-state index is 0.0126. The first-order valence-corrected chi connectivity index (χ1v) is 9.26. The summed E-state index contributed by atoms with van der Waals surface area (Å²) in [4.78, 5) is 12.5. The topological polar surface area (TPSA) is 67.8 Å². The molecule has 0 bridgehead atoms. The number of amides is 1. The molecule has 0 unspecified atom stereocenters. The number of rotatable bonds is 8. The van der Waals surface area contributed by atoms with Crippen molar-refractivity contribution < 1.29 is 19.4 Å². The maximum absolute atomic E-state index is 12.5. The summed E-state index contributed by atoms with van der Waals surface area (Å²) in [5.74, 6) is 1.18. The molecule has 24 heavy (non-hydrogen) atoms. The van der Waals surface area contributed by atoms with Gasteiger partial charge in [0.15, 0.2) is 5.76 Å². The van der Waals surface area contributed by atoms with E-state index in [4.69, 9.17) is 9.47 Å².